The van der Waals surface area contributed by atoms with Crippen LogP contribution >= 0.6 is 11.3 Å². The highest BCUT2D eigenvalue weighted by Crippen LogP contribution is 2.41. The predicted octanol–water partition coefficient (Wildman–Crippen LogP) is 7.48. The van der Waals surface area contributed by atoms with Gasteiger partial charge in [-0.1, -0.05) is 68.0 Å². The second-order valence-corrected chi connectivity index (χ2v) is 15.9. The summed E-state index contributed by atoms with van der Waals surface area (Å²) in [6.45, 7) is 16.4. The Balaban J connectivity index is 2.06. The Morgan fingerprint density at radius 3 is 2.17 bits per heavy atom. The van der Waals surface area contributed by atoms with Gasteiger partial charge in [-0.25, -0.2) is 0 Å². The van der Waals surface area contributed by atoms with Gasteiger partial charge in [0.05, 0.1) is 18.5 Å². The minimum Gasteiger partial charge on any atom is -0.255 e. The van der Waals surface area contributed by atoms with Gasteiger partial charge in [-0.3, -0.25) is 4.98 Å². The van der Waals surface area contributed by atoms with Crippen LogP contribution in [0.3, 0.4) is 0 Å². The van der Waals surface area contributed by atoms with E-state index in [1.54, 1.807) is 10.8 Å². The zero-order chi connectivity index (χ0) is 20.9. The number of aryl methyl sites for hydroxylation is 2. The normalized spacial score (nSPS) is 12.4. The van der Waals surface area contributed by atoms with Crippen molar-refractivity contribution in [3.63, 3.8) is 0 Å². The molecule has 0 atom stereocenters. The molecule has 2 aromatic heterocycles. The Bertz CT molecular complexity index is 1190. The van der Waals surface area contributed by atoms with E-state index in [0.29, 0.717) is 5.92 Å². The van der Waals surface area contributed by atoms with Gasteiger partial charge in [0, 0.05) is 27.2 Å². The van der Waals surface area contributed by atoms with Crippen molar-refractivity contribution >= 4 is 44.8 Å². The van der Waals surface area contributed by atoms with E-state index in [1.807, 2.05) is 17.5 Å². The molecule has 4 aromatic rings. The quantitative estimate of drug-likeness (QED) is 0.314. The number of nitrogens with zero attached hydrogens (tertiary/aromatic N) is 1. The molecule has 0 aliphatic rings. The smallest absolute Gasteiger partial charge is 0.0880 e. The zero-order valence-corrected chi connectivity index (χ0v) is 20.5. The van der Waals surface area contributed by atoms with Crippen LogP contribution < -0.4 is 5.19 Å². The first-order valence-corrected chi connectivity index (χ1v) is 14.9. The van der Waals surface area contributed by atoms with Crippen molar-refractivity contribution < 1.29 is 0 Å². The molecule has 2 aromatic carbocycles. The lowest BCUT2D eigenvalue weighted by atomic mass is 10.00. The molecule has 0 aliphatic carbocycles. The van der Waals surface area contributed by atoms with Crippen LogP contribution in [0, 0.1) is 19.8 Å². The van der Waals surface area contributed by atoms with Crippen LogP contribution in [0.4, 0.5) is 0 Å². The maximum atomic E-state index is 4.84. The fourth-order valence-electron chi connectivity index (χ4n) is 4.45. The Morgan fingerprint density at radius 1 is 0.897 bits per heavy atom. The number of aromatic nitrogens is 1. The minimum absolute atomic E-state index is 0.651. The van der Waals surface area contributed by atoms with Gasteiger partial charge in [0.1, 0.15) is 0 Å². The number of fused-ring (bicyclic) bond motifs is 3. The van der Waals surface area contributed by atoms with Crippen molar-refractivity contribution in [3.05, 3.63) is 59.3 Å². The van der Waals surface area contributed by atoms with E-state index in [1.165, 1.54) is 36.9 Å². The van der Waals surface area contributed by atoms with Crippen LogP contribution in [0.2, 0.25) is 19.6 Å². The van der Waals surface area contributed by atoms with Gasteiger partial charge in [0.25, 0.3) is 0 Å². The molecule has 0 aliphatic heterocycles. The highest BCUT2D eigenvalue weighted by Gasteiger charge is 2.24. The summed E-state index contributed by atoms with van der Waals surface area (Å²) in [7, 11) is -1.41. The Morgan fingerprint density at radius 2 is 1.55 bits per heavy atom. The molecule has 0 amide bonds. The first-order valence-electron chi connectivity index (χ1n) is 10.6. The highest BCUT2D eigenvalue weighted by molar-refractivity contribution is 7.26. The molecule has 0 spiro atoms. The van der Waals surface area contributed by atoms with Crippen molar-refractivity contribution in [2.24, 2.45) is 5.92 Å². The Labute approximate surface area is 179 Å². The standard InChI is InChI=1S/C26H31NSSi/c1-16(2)12-22-23(29(5,6)7)9-8-20-21-10-11-27-24(26(21)28-25(20)22)19-14-17(3)13-18(4)15-19/h8-11,13-16H,12H2,1-7H3. The number of pyridine rings is 1. The third-order valence-electron chi connectivity index (χ3n) is 5.57. The molecule has 0 fully saturated rings. The first-order chi connectivity index (χ1) is 13.6. The average Bonchev–Trinajstić information content (AvgIpc) is 2.99. The molecular weight excluding hydrogens is 386 g/mol. The number of hydrogen-bond acceptors (Lipinski definition) is 2. The van der Waals surface area contributed by atoms with E-state index in [0.717, 1.165) is 12.1 Å². The van der Waals surface area contributed by atoms with Crippen molar-refractivity contribution in [1.82, 2.24) is 4.98 Å². The summed E-state index contributed by atoms with van der Waals surface area (Å²) >= 11 is 1.95. The summed E-state index contributed by atoms with van der Waals surface area (Å²) in [5.74, 6) is 0.651. The topological polar surface area (TPSA) is 12.9 Å². The van der Waals surface area contributed by atoms with Gasteiger partial charge in [0.15, 0.2) is 0 Å². The fraction of sp³-hybridized carbons (Fsp3) is 0.346. The van der Waals surface area contributed by atoms with Crippen LogP contribution in [0.1, 0.15) is 30.5 Å². The molecule has 29 heavy (non-hydrogen) atoms. The maximum absolute atomic E-state index is 4.84. The molecule has 3 heteroatoms. The second-order valence-electron chi connectivity index (χ2n) is 9.83. The van der Waals surface area contributed by atoms with E-state index in [9.17, 15) is 0 Å². The highest BCUT2D eigenvalue weighted by atomic mass is 32.1. The molecule has 0 saturated carbocycles. The van der Waals surface area contributed by atoms with Gasteiger partial charge in [-0.05, 0) is 49.9 Å². The lowest BCUT2D eigenvalue weighted by molar-refractivity contribution is 0.652. The van der Waals surface area contributed by atoms with Crippen LogP contribution in [0.5, 0.6) is 0 Å². The van der Waals surface area contributed by atoms with E-state index in [4.69, 9.17) is 4.98 Å². The molecule has 150 valence electrons. The monoisotopic (exact) mass is 417 g/mol. The third kappa shape index (κ3) is 3.78. The molecule has 0 saturated heterocycles. The molecule has 0 bridgehead atoms. The van der Waals surface area contributed by atoms with Crippen molar-refractivity contribution in [2.75, 3.05) is 0 Å². The first kappa shape index (κ1) is 20.3. The number of thiophene rings is 1. The zero-order valence-electron chi connectivity index (χ0n) is 18.7. The van der Waals surface area contributed by atoms with Crippen LogP contribution in [-0.4, -0.2) is 13.1 Å². The molecule has 1 nitrogen and oxygen atoms in total. The molecule has 0 radical (unpaired) electrons. The van der Waals surface area contributed by atoms with Gasteiger partial charge in [-0.15, -0.1) is 11.3 Å². The lowest BCUT2D eigenvalue weighted by Gasteiger charge is -2.22. The van der Waals surface area contributed by atoms with E-state index in [-0.39, 0.29) is 0 Å². The number of rotatable bonds is 4. The summed E-state index contributed by atoms with van der Waals surface area (Å²) in [5.41, 5.74) is 6.53. The average molecular weight is 418 g/mol. The lowest BCUT2D eigenvalue weighted by Crippen LogP contribution is -2.40. The molecule has 4 rings (SSSR count). The molecule has 0 unspecified atom stereocenters. The van der Waals surface area contributed by atoms with Gasteiger partial charge >= 0.3 is 0 Å². The Kier molecular flexibility index (Phi) is 5.16. The van der Waals surface area contributed by atoms with Crippen molar-refractivity contribution in [3.8, 4) is 11.3 Å². The fourth-order valence-corrected chi connectivity index (χ4v) is 7.62. The summed E-state index contributed by atoms with van der Waals surface area (Å²) in [4.78, 5) is 4.84. The predicted molar refractivity (Wildman–Crippen MR) is 134 cm³/mol. The minimum atomic E-state index is -1.41. The van der Waals surface area contributed by atoms with Gasteiger partial charge < -0.3 is 0 Å². The maximum Gasteiger partial charge on any atom is 0.0880 e. The van der Waals surface area contributed by atoms with Gasteiger partial charge in [0.2, 0.25) is 0 Å². The summed E-state index contributed by atoms with van der Waals surface area (Å²) in [6.07, 6.45) is 3.13. The molecule has 2 heterocycles. The van der Waals surface area contributed by atoms with Gasteiger partial charge in [-0.2, -0.15) is 0 Å². The SMILES string of the molecule is Cc1cc(C)cc(-c2nccc3c2sc2c(CC(C)C)c([Si](C)(C)C)ccc23)c1. The van der Waals surface area contributed by atoms with Crippen molar-refractivity contribution in [1.29, 1.82) is 0 Å². The summed E-state index contributed by atoms with van der Waals surface area (Å²) in [6, 6.07) is 13.8. The van der Waals surface area contributed by atoms with Crippen LogP contribution in [-0.2, 0) is 6.42 Å². The summed E-state index contributed by atoms with van der Waals surface area (Å²) in [5, 5.41) is 4.36. The number of hydrogen-bond donors (Lipinski definition) is 0. The largest absolute Gasteiger partial charge is 0.255 e. The molecule has 0 N–H and O–H groups in total. The second kappa shape index (κ2) is 7.37. The Hall–Kier alpha value is -1.97. The van der Waals surface area contributed by atoms with E-state index >= 15 is 0 Å². The van der Waals surface area contributed by atoms with Crippen molar-refractivity contribution in [2.45, 2.75) is 53.8 Å². The molecular formula is C26H31NSSi. The van der Waals surface area contributed by atoms with E-state index in [2.05, 4.69) is 83.7 Å². The van der Waals surface area contributed by atoms with E-state index < -0.39 is 8.07 Å². The van der Waals surface area contributed by atoms with Crippen LogP contribution in [0.15, 0.2) is 42.6 Å². The number of benzene rings is 2. The summed E-state index contributed by atoms with van der Waals surface area (Å²) < 4.78 is 2.80. The van der Waals surface area contributed by atoms with Crippen LogP contribution in [0.25, 0.3) is 31.4 Å². The third-order valence-corrected chi connectivity index (χ3v) is 8.95.